The number of amides is 1. The number of rotatable bonds is 8. The molecule has 196 valence electrons. The Labute approximate surface area is 219 Å². The van der Waals surface area contributed by atoms with Gasteiger partial charge in [-0.3, -0.25) is 9.59 Å². The lowest BCUT2D eigenvalue weighted by Crippen LogP contribution is -2.29. The summed E-state index contributed by atoms with van der Waals surface area (Å²) in [4.78, 5) is 32.9. The molecule has 1 saturated heterocycles. The maximum Gasteiger partial charge on any atom is 0.296 e. The van der Waals surface area contributed by atoms with Gasteiger partial charge >= 0.3 is 0 Å². The number of aliphatic hydroxyl groups excluding tert-OH is 1. The number of aliphatic hydroxyl groups is 1. The molecule has 4 aromatic rings. The third-order valence-corrected chi connectivity index (χ3v) is 6.64. The largest absolute Gasteiger partial charge is 0.505 e. The van der Waals surface area contributed by atoms with Gasteiger partial charge in [0.15, 0.2) is 17.3 Å². The van der Waals surface area contributed by atoms with Crippen molar-refractivity contribution in [1.29, 1.82) is 0 Å². The third-order valence-electron chi connectivity index (χ3n) is 6.64. The van der Waals surface area contributed by atoms with E-state index in [4.69, 9.17) is 13.9 Å². The average molecular weight is 516 g/mol. The van der Waals surface area contributed by atoms with Gasteiger partial charge < -0.3 is 28.3 Å². The molecule has 1 N–H and O–H groups in total. The number of likely N-dealkylation sites (tertiary alicyclic amines) is 1. The van der Waals surface area contributed by atoms with Crippen LogP contribution in [-0.2, 0) is 16.1 Å². The summed E-state index contributed by atoms with van der Waals surface area (Å²) in [7, 11) is 0. The van der Waals surface area contributed by atoms with E-state index in [0.29, 0.717) is 47.4 Å². The molecular weight excluding hydrogens is 486 g/mol. The van der Waals surface area contributed by atoms with Crippen molar-refractivity contribution in [2.24, 2.45) is 0 Å². The molecule has 1 aliphatic rings. The lowest BCUT2D eigenvalue weighted by Gasteiger charge is -2.25. The maximum atomic E-state index is 13.5. The number of carbonyl (C=O) groups excluding carboxylic acids is 2. The van der Waals surface area contributed by atoms with Crippen LogP contribution in [0.15, 0.2) is 64.9 Å². The molecule has 5 rings (SSSR count). The van der Waals surface area contributed by atoms with Gasteiger partial charge in [0, 0.05) is 6.20 Å². The number of hydrogen-bond donors (Lipinski definition) is 1. The summed E-state index contributed by atoms with van der Waals surface area (Å²) in [5, 5.41) is 11.6. The summed E-state index contributed by atoms with van der Waals surface area (Å²) >= 11 is 0. The maximum absolute atomic E-state index is 13.5. The van der Waals surface area contributed by atoms with Crippen molar-refractivity contribution in [3.8, 4) is 11.5 Å². The van der Waals surface area contributed by atoms with Crippen LogP contribution in [0.3, 0.4) is 0 Å². The van der Waals surface area contributed by atoms with Crippen molar-refractivity contribution in [1.82, 2.24) is 14.3 Å². The van der Waals surface area contributed by atoms with Crippen LogP contribution >= 0.6 is 0 Å². The zero-order chi connectivity index (χ0) is 27.0. The summed E-state index contributed by atoms with van der Waals surface area (Å²) < 4.78 is 18.8. The average Bonchev–Trinajstić information content (AvgIpc) is 3.60. The van der Waals surface area contributed by atoms with Gasteiger partial charge in [-0.2, -0.15) is 0 Å². The second-order valence-electron chi connectivity index (χ2n) is 9.01. The number of Topliss-reactive ketones (excluding diaryl/α,β-unsaturated/α-hetero) is 1. The number of hydrogen-bond acceptors (Lipinski definition) is 7. The van der Waals surface area contributed by atoms with Crippen LogP contribution in [0.5, 0.6) is 11.5 Å². The Morgan fingerprint density at radius 2 is 1.82 bits per heavy atom. The van der Waals surface area contributed by atoms with Crippen LogP contribution in [0.2, 0.25) is 0 Å². The molecule has 3 aromatic heterocycles. The van der Waals surface area contributed by atoms with E-state index in [9.17, 15) is 14.7 Å². The number of aryl methyl sites for hydroxylation is 2. The molecule has 1 fully saturated rings. The van der Waals surface area contributed by atoms with E-state index < -0.39 is 17.7 Å². The summed E-state index contributed by atoms with van der Waals surface area (Å²) in [6.07, 6.45) is 3.35. The Hall–Kier alpha value is -4.53. The number of benzene rings is 1. The lowest BCUT2D eigenvalue weighted by molar-refractivity contribution is -0.140. The predicted octanol–water partition coefficient (Wildman–Crippen LogP) is 4.96. The van der Waals surface area contributed by atoms with Crippen molar-refractivity contribution in [2.75, 3.05) is 13.2 Å². The number of ether oxygens (including phenoxy) is 2. The number of imidazole rings is 1. The van der Waals surface area contributed by atoms with E-state index in [1.165, 1.54) is 11.2 Å². The number of carbonyl (C=O) groups is 2. The highest BCUT2D eigenvalue weighted by atomic mass is 16.5. The minimum Gasteiger partial charge on any atom is -0.505 e. The lowest BCUT2D eigenvalue weighted by atomic mass is 9.96. The predicted molar refractivity (Wildman–Crippen MR) is 140 cm³/mol. The number of furan rings is 1. The molecular formula is C29H29N3O6. The molecule has 1 aliphatic heterocycles. The van der Waals surface area contributed by atoms with Gasteiger partial charge in [0.25, 0.3) is 11.7 Å². The Morgan fingerprint density at radius 1 is 1.05 bits per heavy atom. The SMILES string of the molecule is CCOc1ccc(C2C(=C(O)c3nc4c(C)cccn4c3C)C(=O)C(=O)N2Cc2ccco2)cc1OCC. The van der Waals surface area contributed by atoms with Gasteiger partial charge in [-0.15, -0.1) is 0 Å². The summed E-state index contributed by atoms with van der Waals surface area (Å²) in [5.74, 6) is -0.325. The zero-order valence-corrected chi connectivity index (χ0v) is 21.7. The van der Waals surface area contributed by atoms with Crippen molar-refractivity contribution in [3.05, 3.63) is 88.8 Å². The van der Waals surface area contributed by atoms with Crippen LogP contribution < -0.4 is 9.47 Å². The van der Waals surface area contributed by atoms with Crippen molar-refractivity contribution in [2.45, 2.75) is 40.3 Å². The van der Waals surface area contributed by atoms with E-state index in [0.717, 1.165) is 5.56 Å². The molecule has 0 spiro atoms. The van der Waals surface area contributed by atoms with Gasteiger partial charge in [-0.05, 0) is 69.2 Å². The van der Waals surface area contributed by atoms with Crippen LogP contribution in [0.25, 0.3) is 11.4 Å². The van der Waals surface area contributed by atoms with E-state index in [1.807, 2.05) is 50.4 Å². The van der Waals surface area contributed by atoms with Crippen LogP contribution in [0.1, 0.15) is 48.2 Å². The first-order chi connectivity index (χ1) is 18.3. The molecule has 1 atom stereocenters. The first kappa shape index (κ1) is 25.1. The highest BCUT2D eigenvalue weighted by molar-refractivity contribution is 6.46. The van der Waals surface area contributed by atoms with Crippen LogP contribution in [0.4, 0.5) is 0 Å². The van der Waals surface area contributed by atoms with Gasteiger partial charge in [-0.1, -0.05) is 12.1 Å². The van der Waals surface area contributed by atoms with E-state index >= 15 is 0 Å². The Bertz CT molecular complexity index is 1550. The van der Waals surface area contributed by atoms with E-state index in [1.54, 1.807) is 30.3 Å². The highest BCUT2D eigenvalue weighted by Gasteiger charge is 2.47. The molecule has 0 saturated carbocycles. The summed E-state index contributed by atoms with van der Waals surface area (Å²) in [6.45, 7) is 8.36. The first-order valence-corrected chi connectivity index (χ1v) is 12.5. The third kappa shape index (κ3) is 4.19. The van der Waals surface area contributed by atoms with Crippen molar-refractivity contribution < 1.29 is 28.6 Å². The zero-order valence-electron chi connectivity index (χ0n) is 21.7. The first-order valence-electron chi connectivity index (χ1n) is 12.5. The minimum absolute atomic E-state index is 0.0411. The normalized spacial score (nSPS) is 16.9. The van der Waals surface area contributed by atoms with Crippen molar-refractivity contribution >= 4 is 23.1 Å². The molecule has 0 aliphatic carbocycles. The molecule has 1 amide bonds. The highest BCUT2D eigenvalue weighted by Crippen LogP contribution is 2.43. The fourth-order valence-corrected chi connectivity index (χ4v) is 4.87. The van der Waals surface area contributed by atoms with Gasteiger partial charge in [0.05, 0.1) is 43.3 Å². The molecule has 1 unspecified atom stereocenters. The fourth-order valence-electron chi connectivity index (χ4n) is 4.87. The summed E-state index contributed by atoms with van der Waals surface area (Å²) in [5.41, 5.74) is 3.01. The van der Waals surface area contributed by atoms with Crippen LogP contribution in [0, 0.1) is 13.8 Å². The topological polar surface area (TPSA) is 107 Å². The monoisotopic (exact) mass is 515 g/mol. The number of ketones is 1. The molecule has 0 radical (unpaired) electrons. The number of aromatic nitrogens is 2. The fraction of sp³-hybridized carbons (Fsp3) is 0.276. The van der Waals surface area contributed by atoms with E-state index in [2.05, 4.69) is 4.98 Å². The minimum atomic E-state index is -0.903. The van der Waals surface area contributed by atoms with Gasteiger partial charge in [0.2, 0.25) is 0 Å². The molecule has 9 heteroatoms. The second-order valence-corrected chi connectivity index (χ2v) is 9.01. The molecule has 4 heterocycles. The smallest absolute Gasteiger partial charge is 0.296 e. The number of nitrogens with zero attached hydrogens (tertiary/aromatic N) is 3. The number of pyridine rings is 1. The standard InChI is InChI=1S/C29H29N3O6/c1-5-36-21-12-11-19(15-22(21)37-6-2)25-23(27(34)29(35)32(25)16-20-10-8-14-38-20)26(33)24-18(4)31-13-7-9-17(3)28(31)30-24/h7-15,25,33H,5-6,16H2,1-4H3. The Balaban J connectivity index is 1.71. The molecule has 38 heavy (non-hydrogen) atoms. The Morgan fingerprint density at radius 3 is 2.50 bits per heavy atom. The van der Waals surface area contributed by atoms with E-state index in [-0.39, 0.29) is 23.6 Å². The number of fused-ring (bicyclic) bond motifs is 1. The van der Waals surface area contributed by atoms with Crippen molar-refractivity contribution in [3.63, 3.8) is 0 Å². The second kappa shape index (κ2) is 10.1. The molecule has 1 aromatic carbocycles. The quantitative estimate of drug-likeness (QED) is 0.201. The van der Waals surface area contributed by atoms with Gasteiger partial charge in [0.1, 0.15) is 17.1 Å². The van der Waals surface area contributed by atoms with Gasteiger partial charge in [-0.25, -0.2) is 4.98 Å². The van der Waals surface area contributed by atoms with Crippen LogP contribution in [-0.4, -0.2) is 44.3 Å². The molecule has 9 nitrogen and oxygen atoms in total. The Kier molecular flexibility index (Phi) is 6.67. The molecule has 0 bridgehead atoms. The summed E-state index contributed by atoms with van der Waals surface area (Å²) in [6, 6.07) is 11.6.